The molecule has 0 saturated heterocycles. The third-order valence-corrected chi connectivity index (χ3v) is 7.96. The lowest BCUT2D eigenvalue weighted by Crippen LogP contribution is -2.44. The summed E-state index contributed by atoms with van der Waals surface area (Å²) in [7, 11) is 0. The number of hydrogen-bond donors (Lipinski definition) is 0. The van der Waals surface area contributed by atoms with E-state index in [9.17, 15) is 0 Å². The summed E-state index contributed by atoms with van der Waals surface area (Å²) in [5.41, 5.74) is 4.73. The van der Waals surface area contributed by atoms with E-state index in [2.05, 4.69) is 50.2 Å². The normalized spacial score (nSPS) is 26.5. The number of benzene rings is 2. The van der Waals surface area contributed by atoms with Crippen LogP contribution in [0.3, 0.4) is 0 Å². The summed E-state index contributed by atoms with van der Waals surface area (Å²) in [4.78, 5) is 0. The molecule has 0 aliphatic heterocycles. The van der Waals surface area contributed by atoms with Crippen LogP contribution in [-0.2, 0) is 11.8 Å². The fourth-order valence-corrected chi connectivity index (χ4v) is 5.88. The first kappa shape index (κ1) is 19.7. The zero-order chi connectivity index (χ0) is 19.6. The molecule has 2 bridgehead atoms. The first-order valence-electron chi connectivity index (χ1n) is 11.5. The molecular formula is C27H35F. The molecule has 3 saturated carbocycles. The fraction of sp³-hybridized carbons (Fsp3) is 0.556. The molecule has 0 atom stereocenters. The molecule has 0 heterocycles. The Morgan fingerprint density at radius 3 is 2.11 bits per heavy atom. The van der Waals surface area contributed by atoms with Gasteiger partial charge in [-0.2, -0.15) is 0 Å². The van der Waals surface area contributed by atoms with Gasteiger partial charge in [-0.3, -0.25) is 0 Å². The summed E-state index contributed by atoms with van der Waals surface area (Å²) >= 11 is 0. The quantitative estimate of drug-likeness (QED) is 0.426. The summed E-state index contributed by atoms with van der Waals surface area (Å²) in [5, 5.41) is 0. The van der Waals surface area contributed by atoms with E-state index >= 15 is 4.39 Å². The number of halogens is 1. The lowest BCUT2D eigenvalue weighted by atomic mass is 9.50. The van der Waals surface area contributed by atoms with Crippen LogP contribution >= 0.6 is 0 Å². The Balaban J connectivity index is 1.57. The Labute approximate surface area is 170 Å². The highest BCUT2D eigenvalue weighted by molar-refractivity contribution is 5.66. The van der Waals surface area contributed by atoms with Gasteiger partial charge >= 0.3 is 0 Å². The van der Waals surface area contributed by atoms with Gasteiger partial charge in [-0.25, -0.2) is 4.39 Å². The van der Waals surface area contributed by atoms with Crippen molar-refractivity contribution in [3.05, 3.63) is 59.4 Å². The lowest BCUT2D eigenvalue weighted by Gasteiger charge is -2.54. The molecular weight excluding hydrogens is 343 g/mol. The van der Waals surface area contributed by atoms with E-state index in [1.807, 2.05) is 6.07 Å². The first-order chi connectivity index (χ1) is 13.6. The number of unbranched alkanes of at least 4 members (excludes halogenated alkanes) is 2. The third kappa shape index (κ3) is 3.53. The van der Waals surface area contributed by atoms with Crippen LogP contribution in [0.25, 0.3) is 11.1 Å². The first-order valence-corrected chi connectivity index (χ1v) is 11.5. The molecule has 3 aliphatic rings. The van der Waals surface area contributed by atoms with Gasteiger partial charge in [0.15, 0.2) is 0 Å². The van der Waals surface area contributed by atoms with Crippen molar-refractivity contribution in [1.29, 1.82) is 0 Å². The van der Waals surface area contributed by atoms with Crippen molar-refractivity contribution in [1.82, 2.24) is 0 Å². The molecule has 1 heteroatoms. The van der Waals surface area contributed by atoms with Crippen LogP contribution in [0, 0.1) is 11.2 Å². The molecule has 5 rings (SSSR count). The zero-order valence-electron chi connectivity index (χ0n) is 17.7. The van der Waals surface area contributed by atoms with Crippen molar-refractivity contribution in [2.45, 2.75) is 89.9 Å². The third-order valence-electron chi connectivity index (χ3n) is 7.96. The second kappa shape index (κ2) is 8.01. The van der Waals surface area contributed by atoms with Crippen LogP contribution in [0.2, 0.25) is 0 Å². The van der Waals surface area contributed by atoms with Crippen LogP contribution in [0.1, 0.15) is 89.2 Å². The maximum Gasteiger partial charge on any atom is 0.134 e. The molecule has 28 heavy (non-hydrogen) atoms. The predicted octanol–water partition coefficient (Wildman–Crippen LogP) is 8.23. The highest BCUT2D eigenvalue weighted by Crippen LogP contribution is 2.60. The van der Waals surface area contributed by atoms with Crippen LogP contribution in [0.15, 0.2) is 42.5 Å². The number of rotatable bonds is 7. The zero-order valence-corrected chi connectivity index (χ0v) is 17.7. The summed E-state index contributed by atoms with van der Waals surface area (Å²) in [6.07, 6.45) is 13.9. The molecule has 0 aromatic heterocycles. The Kier molecular flexibility index (Phi) is 5.63. The smallest absolute Gasteiger partial charge is 0.134 e. The maximum absolute atomic E-state index is 15.7. The number of aryl methyl sites for hydroxylation is 1. The second-order valence-electron chi connectivity index (χ2n) is 9.46. The largest absolute Gasteiger partial charge is 0.206 e. The van der Waals surface area contributed by atoms with Crippen LogP contribution in [0.4, 0.5) is 4.39 Å². The monoisotopic (exact) mass is 378 g/mol. The standard InChI is InChI=1S/C27H35F/c1-3-5-6-14-26-15-18-27(19-16-26,20-17-26)24-9-7-8-23(25(24)28)22-12-10-21(4-2)11-13-22/h7-13H,3-6,14-20H2,1-2H3. The van der Waals surface area contributed by atoms with E-state index < -0.39 is 0 Å². The van der Waals surface area contributed by atoms with Gasteiger partial charge in [0.25, 0.3) is 0 Å². The van der Waals surface area contributed by atoms with Crippen LogP contribution < -0.4 is 0 Å². The minimum absolute atomic E-state index is 0.0344. The minimum atomic E-state index is 0.0344. The predicted molar refractivity (Wildman–Crippen MR) is 117 cm³/mol. The second-order valence-corrected chi connectivity index (χ2v) is 9.46. The molecule has 0 radical (unpaired) electrons. The van der Waals surface area contributed by atoms with E-state index in [1.54, 1.807) is 0 Å². The van der Waals surface area contributed by atoms with Crippen molar-refractivity contribution in [3.8, 4) is 11.1 Å². The van der Waals surface area contributed by atoms with E-state index in [1.165, 1.54) is 69.8 Å². The molecule has 3 fully saturated rings. The Bertz CT molecular complexity index is 777. The molecule has 0 spiro atoms. The van der Waals surface area contributed by atoms with E-state index in [0.717, 1.165) is 23.1 Å². The van der Waals surface area contributed by atoms with Crippen molar-refractivity contribution in [3.63, 3.8) is 0 Å². The van der Waals surface area contributed by atoms with Gasteiger partial charge in [0.2, 0.25) is 0 Å². The molecule has 3 aliphatic carbocycles. The number of fused-ring (bicyclic) bond motifs is 3. The minimum Gasteiger partial charge on any atom is -0.206 e. The average molecular weight is 379 g/mol. The lowest BCUT2D eigenvalue weighted by molar-refractivity contribution is 0.0289. The van der Waals surface area contributed by atoms with Crippen molar-refractivity contribution < 1.29 is 4.39 Å². The van der Waals surface area contributed by atoms with E-state index in [0.29, 0.717) is 5.41 Å². The highest BCUT2D eigenvalue weighted by Gasteiger charge is 2.49. The van der Waals surface area contributed by atoms with E-state index in [-0.39, 0.29) is 11.2 Å². The Morgan fingerprint density at radius 2 is 1.50 bits per heavy atom. The van der Waals surface area contributed by atoms with Gasteiger partial charge in [-0.1, -0.05) is 75.6 Å². The highest BCUT2D eigenvalue weighted by atomic mass is 19.1. The van der Waals surface area contributed by atoms with Gasteiger partial charge in [0.05, 0.1) is 0 Å². The summed E-state index contributed by atoms with van der Waals surface area (Å²) in [5.74, 6) is 0.0344. The van der Waals surface area contributed by atoms with Crippen molar-refractivity contribution >= 4 is 0 Å². The molecule has 0 unspecified atom stereocenters. The SMILES string of the molecule is CCCCCC12CCC(c3cccc(-c4ccc(CC)cc4)c3F)(CC1)CC2. The fourth-order valence-electron chi connectivity index (χ4n) is 5.88. The maximum atomic E-state index is 15.7. The molecule has 0 amide bonds. The Morgan fingerprint density at radius 1 is 0.821 bits per heavy atom. The van der Waals surface area contributed by atoms with Crippen molar-refractivity contribution in [2.75, 3.05) is 0 Å². The molecule has 2 aromatic rings. The van der Waals surface area contributed by atoms with Crippen LogP contribution in [-0.4, -0.2) is 0 Å². The summed E-state index contributed by atoms with van der Waals surface area (Å²) in [6, 6.07) is 14.5. The van der Waals surface area contributed by atoms with Gasteiger partial charge in [0, 0.05) is 5.56 Å². The molecule has 0 N–H and O–H groups in total. The van der Waals surface area contributed by atoms with Gasteiger partial charge in [-0.05, 0) is 78.9 Å². The number of hydrogen-bond acceptors (Lipinski definition) is 0. The summed E-state index contributed by atoms with van der Waals surface area (Å²) < 4.78 is 15.7. The molecule has 2 aromatic carbocycles. The van der Waals surface area contributed by atoms with E-state index in [4.69, 9.17) is 0 Å². The topological polar surface area (TPSA) is 0 Å². The summed E-state index contributed by atoms with van der Waals surface area (Å²) in [6.45, 7) is 4.44. The van der Waals surface area contributed by atoms with Gasteiger partial charge in [0.1, 0.15) is 5.82 Å². The van der Waals surface area contributed by atoms with Crippen molar-refractivity contribution in [2.24, 2.45) is 5.41 Å². The molecule has 150 valence electrons. The average Bonchev–Trinajstić information content (AvgIpc) is 2.75. The van der Waals surface area contributed by atoms with Gasteiger partial charge < -0.3 is 0 Å². The Hall–Kier alpha value is -1.63. The molecule has 0 nitrogen and oxygen atoms in total. The van der Waals surface area contributed by atoms with Gasteiger partial charge in [-0.15, -0.1) is 0 Å². The van der Waals surface area contributed by atoms with Crippen LogP contribution in [0.5, 0.6) is 0 Å².